The van der Waals surface area contributed by atoms with Crippen molar-refractivity contribution >= 4 is 17.7 Å². The lowest BCUT2D eigenvalue weighted by Crippen LogP contribution is -2.68. The molecule has 8 rings (SSSR count). The van der Waals surface area contributed by atoms with Crippen LogP contribution in [0.15, 0.2) is 11.6 Å². The molecule has 4 saturated carbocycles. The molecule has 3 aliphatic heterocycles. The summed E-state index contributed by atoms with van der Waals surface area (Å²) in [6.45, 7) is 12.6. The van der Waals surface area contributed by atoms with Gasteiger partial charge in [0.25, 0.3) is 0 Å². The van der Waals surface area contributed by atoms with Crippen molar-refractivity contribution in [3.05, 3.63) is 11.6 Å². The number of Topliss-reactive ketones (excluding diaryl/α,β-unsaturated/α-hetero) is 1. The van der Waals surface area contributed by atoms with Crippen LogP contribution in [0.3, 0.4) is 0 Å². The van der Waals surface area contributed by atoms with Crippen LogP contribution in [-0.4, -0.2) is 185 Å². The van der Waals surface area contributed by atoms with Gasteiger partial charge in [-0.25, -0.2) is 4.79 Å². The number of carboxylic acid groups (broad SMARTS) is 2. The third-order valence-electron chi connectivity index (χ3n) is 19.6. The van der Waals surface area contributed by atoms with Crippen molar-refractivity contribution in [2.45, 2.75) is 204 Å². The van der Waals surface area contributed by atoms with Crippen LogP contribution in [-0.2, 0) is 42.8 Å². The Labute approximate surface area is 395 Å². The van der Waals surface area contributed by atoms with E-state index in [9.17, 15) is 70.6 Å². The van der Waals surface area contributed by atoms with Gasteiger partial charge in [0.2, 0.25) is 0 Å². The van der Waals surface area contributed by atoms with Crippen LogP contribution in [0.25, 0.3) is 0 Å². The van der Waals surface area contributed by atoms with E-state index in [0.29, 0.717) is 38.5 Å². The first-order chi connectivity index (χ1) is 31.7. The van der Waals surface area contributed by atoms with E-state index in [-0.39, 0.29) is 52.8 Å². The Balaban J connectivity index is 1.08. The van der Waals surface area contributed by atoms with Crippen molar-refractivity contribution in [3.8, 4) is 0 Å². The number of carbonyl (C=O) groups excluding carboxylic acids is 1. The minimum Gasteiger partial charge on any atom is -0.481 e. The van der Waals surface area contributed by atoms with Gasteiger partial charge in [-0.3, -0.25) is 9.59 Å². The standard InChI is InChI=1S/C48H74O20/c1-20-28(52)30(54)34(58)39(63-20)67-36-31(55)29(53)23(18-49)64-40(36)68-37-33(57)32(56)35(38(59)60)66-41(37)65-27-11-12-45(4)24(46(27,5)19-50)10-13-48(7)25(45)9-8-21-22-16-43(2,42(61)62)17-26(51)44(22,3)14-15-47(21,48)6/h8,20,22-25,27-37,39-41,49-50,52-58H,9-19H2,1-7H3,(H,59,60)(H,61,62). The van der Waals surface area contributed by atoms with Crippen LogP contribution in [0.2, 0.25) is 0 Å². The third-order valence-corrected chi connectivity index (χ3v) is 19.6. The molecule has 7 fully saturated rings. The summed E-state index contributed by atoms with van der Waals surface area (Å²) in [5.74, 6) is -2.88. The average molecular weight is 971 g/mol. The summed E-state index contributed by atoms with van der Waals surface area (Å²) in [5, 5.41) is 118. The number of hydrogen-bond acceptors (Lipinski definition) is 18. The van der Waals surface area contributed by atoms with Crippen molar-refractivity contribution in [3.63, 3.8) is 0 Å². The first-order valence-corrected chi connectivity index (χ1v) is 24.3. The van der Waals surface area contributed by atoms with E-state index in [2.05, 4.69) is 26.8 Å². The van der Waals surface area contributed by atoms with E-state index in [1.165, 1.54) is 12.5 Å². The predicted molar refractivity (Wildman–Crippen MR) is 232 cm³/mol. The molecule has 25 atom stereocenters. The van der Waals surface area contributed by atoms with Crippen molar-refractivity contribution in [1.82, 2.24) is 0 Å². The minimum atomic E-state index is -2.10. The fraction of sp³-hybridized carbons (Fsp3) is 0.896. The Kier molecular flexibility index (Phi) is 13.8. The molecule has 20 heteroatoms. The number of rotatable bonds is 10. The molecule has 20 nitrogen and oxygen atoms in total. The van der Waals surface area contributed by atoms with Gasteiger partial charge in [0.15, 0.2) is 25.0 Å². The summed E-state index contributed by atoms with van der Waals surface area (Å²) in [6.07, 6.45) is -20.5. The van der Waals surface area contributed by atoms with Gasteiger partial charge in [0.05, 0.1) is 30.8 Å². The van der Waals surface area contributed by atoms with E-state index in [1.807, 2.05) is 13.8 Å². The quantitative estimate of drug-likeness (QED) is 0.101. The van der Waals surface area contributed by atoms with E-state index in [0.717, 1.165) is 12.8 Å². The highest BCUT2D eigenvalue weighted by Crippen LogP contribution is 2.75. The Hall–Kier alpha value is -2.25. The number of aliphatic carboxylic acids is 2. The summed E-state index contributed by atoms with van der Waals surface area (Å²) in [7, 11) is 0. The first-order valence-electron chi connectivity index (χ1n) is 24.3. The van der Waals surface area contributed by atoms with Crippen molar-refractivity contribution in [2.75, 3.05) is 13.2 Å². The molecular formula is C48H74O20. The van der Waals surface area contributed by atoms with E-state index < -0.39 is 133 Å². The first kappa shape index (κ1) is 52.1. The van der Waals surface area contributed by atoms with Crippen LogP contribution in [0, 0.1) is 50.2 Å². The Bertz CT molecular complexity index is 1970. The largest absolute Gasteiger partial charge is 0.481 e. The number of hydrogen-bond donors (Lipinski definition) is 11. The highest BCUT2D eigenvalue weighted by molar-refractivity contribution is 5.92. The van der Waals surface area contributed by atoms with Crippen molar-refractivity contribution < 1.29 is 99.0 Å². The zero-order valence-corrected chi connectivity index (χ0v) is 39.9. The van der Waals surface area contributed by atoms with Crippen molar-refractivity contribution in [2.24, 2.45) is 50.2 Å². The van der Waals surface area contributed by atoms with Crippen LogP contribution in [0.4, 0.5) is 0 Å². The number of carbonyl (C=O) groups is 3. The third kappa shape index (κ3) is 7.77. The van der Waals surface area contributed by atoms with E-state index >= 15 is 0 Å². The maximum Gasteiger partial charge on any atom is 0.335 e. The lowest BCUT2D eigenvalue weighted by molar-refractivity contribution is -0.396. The van der Waals surface area contributed by atoms with Crippen LogP contribution in [0.1, 0.15) is 106 Å². The molecule has 3 heterocycles. The van der Waals surface area contributed by atoms with Gasteiger partial charge in [-0.15, -0.1) is 0 Å². The Morgan fingerprint density at radius 1 is 0.706 bits per heavy atom. The molecule has 25 unspecified atom stereocenters. The number of ketones is 1. The molecule has 11 N–H and O–H groups in total. The smallest absolute Gasteiger partial charge is 0.335 e. The number of carboxylic acids is 2. The van der Waals surface area contributed by atoms with E-state index in [4.69, 9.17) is 28.4 Å². The Morgan fingerprint density at radius 2 is 1.34 bits per heavy atom. The zero-order chi connectivity index (χ0) is 50.0. The number of allylic oxidation sites excluding steroid dienone is 2. The maximum absolute atomic E-state index is 13.8. The van der Waals surface area contributed by atoms with Gasteiger partial charge in [0.1, 0.15) is 66.8 Å². The number of aliphatic hydroxyl groups is 9. The maximum atomic E-state index is 13.8. The van der Waals surface area contributed by atoms with Gasteiger partial charge in [0, 0.05) is 17.3 Å². The SMILES string of the molecule is CC1OC(OC2C(OC3C(OC4CCC5(C)C(CCC6(C)C5CC=C5C7CC(C)(C(=O)O)CC(=O)C7(C)CCC56C)C4(C)CO)OC(C(=O)O)C(O)C3O)OC(CO)C(O)C2O)C(O)C(O)C1O. The molecule has 3 saturated heterocycles. The molecule has 0 aromatic rings. The molecule has 386 valence electrons. The molecular weight excluding hydrogens is 897 g/mol. The predicted octanol–water partition coefficient (Wildman–Crippen LogP) is -0.0225. The van der Waals surface area contributed by atoms with Crippen LogP contribution in [0.5, 0.6) is 0 Å². The number of aliphatic hydroxyl groups excluding tert-OH is 9. The second-order valence-electron chi connectivity index (χ2n) is 23.1. The second kappa shape index (κ2) is 18.0. The van der Waals surface area contributed by atoms with E-state index in [1.54, 1.807) is 6.92 Å². The molecule has 5 aliphatic carbocycles. The van der Waals surface area contributed by atoms with Crippen LogP contribution >= 0.6 is 0 Å². The average Bonchev–Trinajstić information content (AvgIpc) is 3.28. The summed E-state index contributed by atoms with van der Waals surface area (Å²) in [6, 6.07) is 0. The molecule has 0 aromatic heterocycles. The van der Waals surface area contributed by atoms with Crippen molar-refractivity contribution in [1.29, 1.82) is 0 Å². The van der Waals surface area contributed by atoms with Gasteiger partial charge in [-0.05, 0) is 99.2 Å². The summed E-state index contributed by atoms with van der Waals surface area (Å²) in [4.78, 5) is 38.9. The lowest BCUT2D eigenvalue weighted by atomic mass is 9.33. The molecule has 8 aliphatic rings. The molecule has 0 radical (unpaired) electrons. The highest BCUT2D eigenvalue weighted by Gasteiger charge is 2.70. The zero-order valence-electron chi connectivity index (χ0n) is 39.9. The molecule has 0 spiro atoms. The second-order valence-corrected chi connectivity index (χ2v) is 23.1. The summed E-state index contributed by atoms with van der Waals surface area (Å²) in [5.41, 5.74) is -2.66. The number of ether oxygens (including phenoxy) is 6. The summed E-state index contributed by atoms with van der Waals surface area (Å²) >= 11 is 0. The van der Waals surface area contributed by atoms with Gasteiger partial charge in [-0.2, -0.15) is 0 Å². The lowest BCUT2D eigenvalue weighted by Gasteiger charge is -2.71. The molecule has 0 aromatic carbocycles. The van der Waals surface area contributed by atoms with Crippen LogP contribution < -0.4 is 0 Å². The topological polar surface area (TPSA) is 329 Å². The Morgan fingerprint density at radius 3 is 1.96 bits per heavy atom. The fourth-order valence-corrected chi connectivity index (χ4v) is 14.9. The summed E-state index contributed by atoms with van der Waals surface area (Å²) < 4.78 is 36.1. The number of fused-ring (bicyclic) bond motifs is 7. The minimum absolute atomic E-state index is 0.00356. The van der Waals surface area contributed by atoms with Gasteiger partial charge >= 0.3 is 11.9 Å². The highest BCUT2D eigenvalue weighted by atomic mass is 16.8. The monoisotopic (exact) mass is 970 g/mol. The van der Waals surface area contributed by atoms with Gasteiger partial charge in [-0.1, -0.05) is 46.3 Å². The van der Waals surface area contributed by atoms with Gasteiger partial charge < -0.3 is 84.6 Å². The molecule has 68 heavy (non-hydrogen) atoms. The normalized spacial score (nSPS) is 54.9. The molecule has 0 amide bonds. The fourth-order valence-electron chi connectivity index (χ4n) is 14.9. The molecule has 0 bridgehead atoms.